The zero-order chi connectivity index (χ0) is 12.1. The Balaban J connectivity index is 1.98. The predicted molar refractivity (Wildman–Crippen MR) is 65.3 cm³/mol. The minimum Gasteiger partial charge on any atom is -0.303 e. The van der Waals surface area contributed by atoms with Crippen LogP contribution in [0.5, 0.6) is 0 Å². The maximum absolute atomic E-state index is 3.96. The van der Waals surface area contributed by atoms with Crippen molar-refractivity contribution in [3.63, 3.8) is 0 Å². The van der Waals surface area contributed by atoms with Gasteiger partial charge in [-0.1, -0.05) is 36.4 Å². The summed E-state index contributed by atoms with van der Waals surface area (Å²) in [6, 6.07) is 8.55. The number of nitrogens with one attached hydrogen (secondary N) is 2. The fourth-order valence-corrected chi connectivity index (χ4v) is 1.78. The van der Waals surface area contributed by atoms with Crippen LogP contribution < -0.4 is 5.32 Å². The van der Waals surface area contributed by atoms with Crippen molar-refractivity contribution < 1.29 is 0 Å². The second-order valence-corrected chi connectivity index (χ2v) is 3.99. The molecule has 2 aromatic rings. The van der Waals surface area contributed by atoms with Gasteiger partial charge in [0.2, 0.25) is 0 Å². The van der Waals surface area contributed by atoms with Crippen molar-refractivity contribution in [1.82, 2.24) is 25.9 Å². The van der Waals surface area contributed by atoms with Gasteiger partial charge in [0.1, 0.15) is 0 Å². The van der Waals surface area contributed by atoms with E-state index < -0.39 is 0 Å². The number of benzene rings is 1. The Hall–Kier alpha value is -1.75. The third-order valence-corrected chi connectivity index (χ3v) is 2.85. The molecule has 90 valence electrons. The van der Waals surface area contributed by atoms with Crippen LogP contribution >= 0.6 is 0 Å². The molecule has 2 N–H and O–H groups in total. The molecule has 1 aromatic heterocycles. The predicted octanol–water partition coefficient (Wildman–Crippen LogP) is 1.61. The first-order valence-corrected chi connectivity index (χ1v) is 5.84. The summed E-state index contributed by atoms with van der Waals surface area (Å²) in [6.07, 6.45) is 1.05. The number of rotatable bonds is 5. The van der Waals surface area contributed by atoms with Crippen molar-refractivity contribution in [2.24, 2.45) is 0 Å². The number of aromatic nitrogens is 4. The van der Waals surface area contributed by atoms with Gasteiger partial charge in [-0.2, -0.15) is 5.21 Å². The maximum Gasteiger partial charge on any atom is 0.191 e. The molecule has 0 aliphatic heterocycles. The number of hydrogen-bond acceptors (Lipinski definition) is 4. The molecule has 0 aliphatic rings. The molecule has 1 unspecified atom stereocenters. The third-order valence-electron chi connectivity index (χ3n) is 2.85. The van der Waals surface area contributed by atoms with Gasteiger partial charge in [-0.3, -0.25) is 0 Å². The molecule has 0 spiro atoms. The summed E-state index contributed by atoms with van der Waals surface area (Å²) in [5.41, 5.74) is 2.70. The molecule has 17 heavy (non-hydrogen) atoms. The Bertz CT molecular complexity index is 452. The van der Waals surface area contributed by atoms with Crippen LogP contribution in [0, 0.1) is 0 Å². The lowest BCUT2D eigenvalue weighted by atomic mass is 10.1. The molecular weight excluding hydrogens is 214 g/mol. The Morgan fingerprint density at radius 3 is 2.71 bits per heavy atom. The quantitative estimate of drug-likeness (QED) is 0.820. The molecule has 2 rings (SSSR count). The van der Waals surface area contributed by atoms with Gasteiger partial charge >= 0.3 is 0 Å². The van der Waals surface area contributed by atoms with E-state index in [2.05, 4.69) is 57.1 Å². The topological polar surface area (TPSA) is 66.5 Å². The first-order chi connectivity index (χ1) is 8.31. The lowest BCUT2D eigenvalue weighted by molar-refractivity contribution is 0.545. The monoisotopic (exact) mass is 231 g/mol. The van der Waals surface area contributed by atoms with E-state index in [-0.39, 0.29) is 6.04 Å². The average molecular weight is 231 g/mol. The largest absolute Gasteiger partial charge is 0.303 e. The third kappa shape index (κ3) is 2.88. The van der Waals surface area contributed by atoms with Crippen molar-refractivity contribution in [3.05, 3.63) is 41.2 Å². The van der Waals surface area contributed by atoms with E-state index in [9.17, 15) is 0 Å². The Morgan fingerprint density at radius 1 is 1.29 bits per heavy atom. The SMILES string of the molecule is CCc1ccccc1CNC(C)c1nn[nH]n1. The van der Waals surface area contributed by atoms with E-state index in [1.54, 1.807) is 0 Å². The highest BCUT2D eigenvalue weighted by atomic mass is 15.5. The second kappa shape index (κ2) is 5.54. The van der Waals surface area contributed by atoms with Crippen molar-refractivity contribution >= 4 is 0 Å². The summed E-state index contributed by atoms with van der Waals surface area (Å²) in [6.45, 7) is 5.01. The summed E-state index contributed by atoms with van der Waals surface area (Å²) < 4.78 is 0. The Kier molecular flexibility index (Phi) is 3.82. The van der Waals surface area contributed by atoms with Gasteiger partial charge in [-0.15, -0.1) is 10.2 Å². The molecule has 1 heterocycles. The molecule has 0 fully saturated rings. The molecule has 0 amide bonds. The van der Waals surface area contributed by atoms with Crippen LogP contribution in [0.1, 0.15) is 36.8 Å². The molecule has 1 atom stereocenters. The van der Waals surface area contributed by atoms with E-state index in [0.29, 0.717) is 5.82 Å². The molecule has 0 radical (unpaired) electrons. The fraction of sp³-hybridized carbons (Fsp3) is 0.417. The van der Waals surface area contributed by atoms with Crippen LogP contribution in [0.3, 0.4) is 0 Å². The first-order valence-electron chi connectivity index (χ1n) is 5.84. The van der Waals surface area contributed by atoms with Crippen LogP contribution in [0.15, 0.2) is 24.3 Å². The second-order valence-electron chi connectivity index (χ2n) is 3.99. The lowest BCUT2D eigenvalue weighted by Gasteiger charge is -2.12. The van der Waals surface area contributed by atoms with Gasteiger partial charge in [-0.05, 0) is 24.5 Å². The van der Waals surface area contributed by atoms with Crippen molar-refractivity contribution in [2.45, 2.75) is 32.9 Å². The van der Waals surface area contributed by atoms with Crippen LogP contribution in [0.2, 0.25) is 0 Å². The molecule has 5 heteroatoms. The number of H-pyrrole nitrogens is 1. The van der Waals surface area contributed by atoms with E-state index in [0.717, 1.165) is 13.0 Å². The smallest absolute Gasteiger partial charge is 0.191 e. The van der Waals surface area contributed by atoms with Crippen LogP contribution in [0.25, 0.3) is 0 Å². The number of aryl methyl sites for hydroxylation is 1. The van der Waals surface area contributed by atoms with E-state index in [1.807, 2.05) is 6.92 Å². The molecule has 0 saturated carbocycles. The molecule has 5 nitrogen and oxygen atoms in total. The highest BCUT2D eigenvalue weighted by Crippen LogP contribution is 2.11. The summed E-state index contributed by atoms with van der Waals surface area (Å²) in [7, 11) is 0. The zero-order valence-electron chi connectivity index (χ0n) is 10.1. The van der Waals surface area contributed by atoms with E-state index >= 15 is 0 Å². The summed E-state index contributed by atoms with van der Waals surface area (Å²) in [5, 5.41) is 17.3. The Labute approximate surface area is 101 Å². The van der Waals surface area contributed by atoms with Gasteiger partial charge in [0, 0.05) is 6.54 Å². The molecular formula is C12H17N5. The van der Waals surface area contributed by atoms with Crippen molar-refractivity contribution in [1.29, 1.82) is 0 Å². The minimum atomic E-state index is 0.0960. The average Bonchev–Trinajstić information content (AvgIpc) is 2.90. The van der Waals surface area contributed by atoms with E-state index in [4.69, 9.17) is 0 Å². The number of tetrazole rings is 1. The van der Waals surface area contributed by atoms with Crippen LogP contribution in [-0.4, -0.2) is 20.6 Å². The summed E-state index contributed by atoms with van der Waals surface area (Å²) in [5.74, 6) is 0.693. The van der Waals surface area contributed by atoms with Gasteiger partial charge < -0.3 is 5.32 Å². The van der Waals surface area contributed by atoms with Gasteiger partial charge in [-0.25, -0.2) is 0 Å². The minimum absolute atomic E-state index is 0.0960. The molecule has 0 saturated heterocycles. The van der Waals surface area contributed by atoms with Gasteiger partial charge in [0.15, 0.2) is 5.82 Å². The van der Waals surface area contributed by atoms with Crippen molar-refractivity contribution in [3.8, 4) is 0 Å². The maximum atomic E-state index is 3.96. The molecule has 1 aromatic carbocycles. The zero-order valence-corrected chi connectivity index (χ0v) is 10.1. The lowest BCUT2D eigenvalue weighted by Crippen LogP contribution is -2.20. The number of hydrogen-bond donors (Lipinski definition) is 2. The highest BCUT2D eigenvalue weighted by molar-refractivity contribution is 5.26. The molecule has 0 bridgehead atoms. The number of nitrogens with zero attached hydrogens (tertiary/aromatic N) is 3. The molecule has 0 aliphatic carbocycles. The standard InChI is InChI=1S/C12H17N5/c1-3-10-6-4-5-7-11(10)8-13-9(2)12-14-16-17-15-12/h4-7,9,13H,3,8H2,1-2H3,(H,14,15,16,17). The normalized spacial score (nSPS) is 12.6. The van der Waals surface area contributed by atoms with Crippen LogP contribution in [-0.2, 0) is 13.0 Å². The first kappa shape index (κ1) is 11.7. The summed E-state index contributed by atoms with van der Waals surface area (Å²) >= 11 is 0. The van der Waals surface area contributed by atoms with Crippen LogP contribution in [0.4, 0.5) is 0 Å². The van der Waals surface area contributed by atoms with Crippen molar-refractivity contribution in [2.75, 3.05) is 0 Å². The number of aromatic amines is 1. The van der Waals surface area contributed by atoms with E-state index in [1.165, 1.54) is 11.1 Å². The Morgan fingerprint density at radius 2 is 2.06 bits per heavy atom. The van der Waals surface area contributed by atoms with Gasteiger partial charge in [0.25, 0.3) is 0 Å². The highest BCUT2D eigenvalue weighted by Gasteiger charge is 2.09. The fourth-order valence-electron chi connectivity index (χ4n) is 1.78. The van der Waals surface area contributed by atoms with Gasteiger partial charge in [0.05, 0.1) is 6.04 Å². The summed E-state index contributed by atoms with van der Waals surface area (Å²) in [4.78, 5) is 0.